The molecule has 1 saturated heterocycles. The van der Waals surface area contributed by atoms with Gasteiger partial charge in [-0.15, -0.1) is 0 Å². The molecule has 88 valence electrons. The van der Waals surface area contributed by atoms with Crippen LogP contribution in [0, 0.1) is 5.82 Å². The molecule has 0 saturated carbocycles. The Morgan fingerprint density at radius 3 is 2.38 bits per heavy atom. The van der Waals surface area contributed by atoms with E-state index in [9.17, 15) is 12.8 Å². The summed E-state index contributed by atoms with van der Waals surface area (Å²) in [6, 6.07) is 5.36. The lowest BCUT2D eigenvalue weighted by Gasteiger charge is -2.34. The molecule has 1 aliphatic rings. The molecule has 0 atom stereocenters. The zero-order valence-electron chi connectivity index (χ0n) is 8.51. The highest BCUT2D eigenvalue weighted by atomic mass is 32.2. The number of benzene rings is 1. The fourth-order valence-electron chi connectivity index (χ4n) is 1.53. The lowest BCUT2D eigenvalue weighted by molar-refractivity contribution is 0.0547. The van der Waals surface area contributed by atoms with Crippen molar-refractivity contribution >= 4 is 10.0 Å². The molecule has 0 aromatic heterocycles. The van der Waals surface area contributed by atoms with Crippen molar-refractivity contribution in [3.63, 3.8) is 0 Å². The maximum absolute atomic E-state index is 12.6. The highest BCUT2D eigenvalue weighted by molar-refractivity contribution is 7.88. The zero-order chi connectivity index (χ0) is 11.8. The molecule has 1 N–H and O–H groups in total. The Morgan fingerprint density at radius 2 is 1.88 bits per heavy atom. The number of hydrogen-bond donors (Lipinski definition) is 1. The van der Waals surface area contributed by atoms with Crippen molar-refractivity contribution in [3.8, 4) is 0 Å². The number of nitrogens with zero attached hydrogens (tertiary/aromatic N) is 1. The summed E-state index contributed by atoms with van der Waals surface area (Å²) in [5, 5.41) is 9.03. The quantitative estimate of drug-likeness (QED) is 0.835. The van der Waals surface area contributed by atoms with Gasteiger partial charge in [0.1, 0.15) is 5.82 Å². The Balaban J connectivity index is 2.06. The van der Waals surface area contributed by atoms with Gasteiger partial charge in [-0.1, -0.05) is 12.1 Å². The summed E-state index contributed by atoms with van der Waals surface area (Å²) in [7, 11) is -3.37. The summed E-state index contributed by atoms with van der Waals surface area (Å²) in [6.07, 6.45) is -0.553. The molecule has 4 nitrogen and oxygen atoms in total. The van der Waals surface area contributed by atoms with Crippen molar-refractivity contribution in [2.45, 2.75) is 11.9 Å². The van der Waals surface area contributed by atoms with Crippen LogP contribution in [0.1, 0.15) is 5.56 Å². The number of β-amino-alcohol motifs (C(OH)–C–C–N with tert-alkyl or cyclic N) is 1. The fraction of sp³-hybridized carbons (Fsp3) is 0.400. The van der Waals surface area contributed by atoms with Crippen LogP contribution in [-0.4, -0.2) is 37.0 Å². The van der Waals surface area contributed by atoms with Gasteiger partial charge in [-0.3, -0.25) is 0 Å². The topological polar surface area (TPSA) is 57.6 Å². The summed E-state index contributed by atoms with van der Waals surface area (Å²) in [5.74, 6) is -0.541. The third-order valence-electron chi connectivity index (χ3n) is 2.48. The predicted molar refractivity (Wildman–Crippen MR) is 56.6 cm³/mol. The molecular weight excluding hydrogens is 233 g/mol. The lowest BCUT2D eigenvalue weighted by Crippen LogP contribution is -2.53. The van der Waals surface area contributed by atoms with Gasteiger partial charge >= 0.3 is 0 Å². The third kappa shape index (κ3) is 2.40. The SMILES string of the molecule is O=S(=O)(Cc1ccc(F)cc1)N1CC(O)C1. The minimum absolute atomic E-state index is 0.153. The first-order valence-electron chi connectivity index (χ1n) is 4.88. The van der Waals surface area contributed by atoms with E-state index < -0.39 is 16.1 Å². The smallest absolute Gasteiger partial charge is 0.218 e. The Morgan fingerprint density at radius 1 is 1.31 bits per heavy atom. The molecule has 6 heteroatoms. The number of hydrogen-bond acceptors (Lipinski definition) is 3. The Kier molecular flexibility index (Phi) is 2.96. The zero-order valence-corrected chi connectivity index (χ0v) is 9.32. The van der Waals surface area contributed by atoms with Gasteiger partial charge in [0.25, 0.3) is 0 Å². The molecular formula is C10H12FNO3S. The second-order valence-electron chi connectivity index (χ2n) is 3.85. The van der Waals surface area contributed by atoms with E-state index in [1.807, 2.05) is 0 Å². The normalized spacial score (nSPS) is 18.4. The van der Waals surface area contributed by atoms with E-state index in [0.29, 0.717) is 5.56 Å². The number of aliphatic hydroxyl groups is 1. The Hall–Kier alpha value is -0.980. The Labute approximate surface area is 93.4 Å². The van der Waals surface area contributed by atoms with E-state index >= 15 is 0 Å². The molecule has 1 fully saturated rings. The van der Waals surface area contributed by atoms with E-state index in [1.54, 1.807) is 0 Å². The van der Waals surface area contributed by atoms with Gasteiger partial charge in [0.2, 0.25) is 10.0 Å². The van der Waals surface area contributed by atoms with Crippen molar-refractivity contribution in [2.75, 3.05) is 13.1 Å². The summed E-state index contributed by atoms with van der Waals surface area (Å²) < 4.78 is 37.3. The van der Waals surface area contributed by atoms with Gasteiger partial charge in [-0.25, -0.2) is 12.8 Å². The molecule has 0 spiro atoms. The van der Waals surface area contributed by atoms with Crippen LogP contribution in [-0.2, 0) is 15.8 Å². The van der Waals surface area contributed by atoms with Crippen LogP contribution in [0.3, 0.4) is 0 Å². The molecule has 1 heterocycles. The van der Waals surface area contributed by atoms with Crippen molar-refractivity contribution < 1.29 is 17.9 Å². The van der Waals surface area contributed by atoms with Gasteiger partial charge < -0.3 is 5.11 Å². The second-order valence-corrected chi connectivity index (χ2v) is 5.82. The molecule has 0 radical (unpaired) electrons. The molecule has 0 bridgehead atoms. The fourth-order valence-corrected chi connectivity index (χ4v) is 3.12. The first-order chi connectivity index (χ1) is 7.47. The summed E-state index contributed by atoms with van der Waals surface area (Å²) in [5.41, 5.74) is 0.544. The van der Waals surface area contributed by atoms with Crippen LogP contribution in [0.25, 0.3) is 0 Å². The van der Waals surface area contributed by atoms with Gasteiger partial charge in [0.05, 0.1) is 11.9 Å². The molecule has 0 aliphatic carbocycles. The van der Waals surface area contributed by atoms with Crippen molar-refractivity contribution in [1.82, 2.24) is 4.31 Å². The molecule has 1 aromatic carbocycles. The standard InChI is InChI=1S/C10H12FNO3S/c11-9-3-1-8(2-4-9)7-16(14,15)12-5-10(13)6-12/h1-4,10,13H,5-7H2. The molecule has 1 aliphatic heterocycles. The van der Waals surface area contributed by atoms with Crippen LogP contribution in [0.15, 0.2) is 24.3 Å². The van der Waals surface area contributed by atoms with Crippen molar-refractivity contribution in [2.24, 2.45) is 0 Å². The minimum Gasteiger partial charge on any atom is -0.390 e. The van der Waals surface area contributed by atoms with Crippen LogP contribution in [0.4, 0.5) is 4.39 Å². The molecule has 2 rings (SSSR count). The number of rotatable bonds is 3. The van der Waals surface area contributed by atoms with Crippen LogP contribution in [0.5, 0.6) is 0 Å². The highest BCUT2D eigenvalue weighted by Crippen LogP contribution is 2.17. The number of sulfonamides is 1. The average molecular weight is 245 g/mol. The monoisotopic (exact) mass is 245 g/mol. The van der Waals surface area contributed by atoms with E-state index in [0.717, 1.165) is 0 Å². The number of halogens is 1. The van der Waals surface area contributed by atoms with Gasteiger partial charge in [-0.2, -0.15) is 4.31 Å². The van der Waals surface area contributed by atoms with E-state index in [-0.39, 0.29) is 24.7 Å². The minimum atomic E-state index is -3.37. The molecule has 0 unspecified atom stereocenters. The molecule has 16 heavy (non-hydrogen) atoms. The van der Waals surface area contributed by atoms with Gasteiger partial charge in [0, 0.05) is 13.1 Å². The Bertz CT molecular complexity index is 465. The largest absolute Gasteiger partial charge is 0.390 e. The molecule has 0 amide bonds. The van der Waals surface area contributed by atoms with Gasteiger partial charge in [0.15, 0.2) is 0 Å². The van der Waals surface area contributed by atoms with Gasteiger partial charge in [-0.05, 0) is 17.7 Å². The summed E-state index contributed by atoms with van der Waals surface area (Å²) in [6.45, 7) is 0.313. The van der Waals surface area contributed by atoms with Crippen LogP contribution < -0.4 is 0 Å². The number of aliphatic hydroxyl groups excluding tert-OH is 1. The second kappa shape index (κ2) is 4.12. The summed E-state index contributed by atoms with van der Waals surface area (Å²) >= 11 is 0. The first-order valence-corrected chi connectivity index (χ1v) is 6.48. The van der Waals surface area contributed by atoms with Crippen molar-refractivity contribution in [3.05, 3.63) is 35.6 Å². The van der Waals surface area contributed by atoms with Crippen LogP contribution >= 0.6 is 0 Å². The van der Waals surface area contributed by atoms with E-state index in [2.05, 4.69) is 0 Å². The lowest BCUT2D eigenvalue weighted by atomic mass is 10.2. The predicted octanol–water partition coefficient (Wildman–Crippen LogP) is 0.332. The third-order valence-corrected chi connectivity index (χ3v) is 4.27. The maximum Gasteiger partial charge on any atom is 0.218 e. The highest BCUT2D eigenvalue weighted by Gasteiger charge is 2.34. The average Bonchev–Trinajstić information content (AvgIpc) is 2.16. The molecule has 1 aromatic rings. The van der Waals surface area contributed by atoms with E-state index in [4.69, 9.17) is 5.11 Å². The van der Waals surface area contributed by atoms with E-state index in [1.165, 1.54) is 28.6 Å². The van der Waals surface area contributed by atoms with Crippen molar-refractivity contribution in [1.29, 1.82) is 0 Å². The maximum atomic E-state index is 12.6. The summed E-state index contributed by atoms with van der Waals surface area (Å²) in [4.78, 5) is 0. The first kappa shape index (κ1) is 11.5. The van der Waals surface area contributed by atoms with Crippen LogP contribution in [0.2, 0.25) is 0 Å².